The fourth-order valence-corrected chi connectivity index (χ4v) is 3.64. The standard InChI is InChI=1S/C25H14F2O3/c26-18-12-11-16-13-17-7-3-9-21(27)23(17)24(20(16)14-18)30-25(28)29-22-10-4-6-15-5-1-2-8-19(15)22/h1-14H. The van der Waals surface area contributed by atoms with E-state index in [-0.39, 0.29) is 16.5 Å². The van der Waals surface area contributed by atoms with E-state index in [1.165, 1.54) is 18.2 Å². The molecular formula is C25H14F2O3. The fraction of sp³-hybridized carbons (Fsp3) is 0. The van der Waals surface area contributed by atoms with Crippen molar-refractivity contribution in [2.75, 3.05) is 0 Å². The Morgan fingerprint density at radius 2 is 1.43 bits per heavy atom. The first-order valence-electron chi connectivity index (χ1n) is 9.28. The first kappa shape index (κ1) is 18.1. The van der Waals surface area contributed by atoms with Gasteiger partial charge in [0.15, 0.2) is 5.75 Å². The van der Waals surface area contributed by atoms with Crippen LogP contribution in [0, 0.1) is 11.6 Å². The Morgan fingerprint density at radius 1 is 0.667 bits per heavy atom. The van der Waals surface area contributed by atoms with Crippen molar-refractivity contribution in [3.63, 3.8) is 0 Å². The molecule has 0 bridgehead atoms. The van der Waals surface area contributed by atoms with Crippen molar-refractivity contribution in [3.8, 4) is 11.5 Å². The van der Waals surface area contributed by atoms with E-state index in [1.807, 2.05) is 30.3 Å². The van der Waals surface area contributed by atoms with Crippen molar-refractivity contribution in [1.29, 1.82) is 0 Å². The van der Waals surface area contributed by atoms with E-state index in [0.29, 0.717) is 16.5 Å². The molecule has 0 N–H and O–H groups in total. The predicted octanol–water partition coefficient (Wildman–Crippen LogP) is 7.00. The summed E-state index contributed by atoms with van der Waals surface area (Å²) in [4.78, 5) is 12.6. The zero-order valence-corrected chi connectivity index (χ0v) is 15.6. The van der Waals surface area contributed by atoms with E-state index in [4.69, 9.17) is 9.47 Å². The maximum absolute atomic E-state index is 14.6. The maximum Gasteiger partial charge on any atom is 0.519 e. The third kappa shape index (κ3) is 3.10. The van der Waals surface area contributed by atoms with Crippen LogP contribution in [0.5, 0.6) is 11.5 Å². The van der Waals surface area contributed by atoms with Gasteiger partial charge in [-0.15, -0.1) is 0 Å². The van der Waals surface area contributed by atoms with Gasteiger partial charge in [0.05, 0.1) is 5.39 Å². The van der Waals surface area contributed by atoms with Crippen LogP contribution in [0.15, 0.2) is 84.9 Å². The molecule has 5 aromatic rings. The van der Waals surface area contributed by atoms with Crippen LogP contribution in [-0.4, -0.2) is 6.16 Å². The Hall–Kier alpha value is -3.99. The van der Waals surface area contributed by atoms with E-state index in [0.717, 1.165) is 10.8 Å². The highest BCUT2D eigenvalue weighted by Crippen LogP contribution is 2.37. The minimum atomic E-state index is -1.03. The van der Waals surface area contributed by atoms with Gasteiger partial charge in [-0.25, -0.2) is 13.6 Å². The Bertz CT molecular complexity index is 1440. The molecule has 0 aliphatic rings. The molecular weight excluding hydrogens is 386 g/mol. The molecule has 0 radical (unpaired) electrons. The molecule has 3 nitrogen and oxygen atoms in total. The lowest BCUT2D eigenvalue weighted by Crippen LogP contribution is -2.14. The summed E-state index contributed by atoms with van der Waals surface area (Å²) in [5, 5.41) is 3.14. The largest absolute Gasteiger partial charge is 0.519 e. The first-order valence-corrected chi connectivity index (χ1v) is 9.28. The molecule has 0 fully saturated rings. The maximum atomic E-state index is 14.6. The summed E-state index contributed by atoms with van der Waals surface area (Å²) in [7, 11) is 0. The molecule has 5 heteroatoms. The number of ether oxygens (including phenoxy) is 2. The molecule has 146 valence electrons. The zero-order valence-electron chi connectivity index (χ0n) is 15.6. The van der Waals surface area contributed by atoms with Gasteiger partial charge >= 0.3 is 6.16 Å². The highest BCUT2D eigenvalue weighted by Gasteiger charge is 2.18. The van der Waals surface area contributed by atoms with Crippen molar-refractivity contribution < 1.29 is 23.0 Å². The number of carbonyl (C=O) groups excluding carboxylic acids is 1. The average Bonchev–Trinajstić information content (AvgIpc) is 2.74. The minimum absolute atomic E-state index is 0.0784. The lowest BCUT2D eigenvalue weighted by molar-refractivity contribution is 0.153. The van der Waals surface area contributed by atoms with Crippen LogP contribution >= 0.6 is 0 Å². The predicted molar refractivity (Wildman–Crippen MR) is 112 cm³/mol. The van der Waals surface area contributed by atoms with E-state index < -0.39 is 17.8 Å². The number of carbonyl (C=O) groups is 1. The van der Waals surface area contributed by atoms with Crippen LogP contribution in [0.2, 0.25) is 0 Å². The number of halogens is 2. The van der Waals surface area contributed by atoms with E-state index in [2.05, 4.69) is 0 Å². The summed E-state index contributed by atoms with van der Waals surface area (Å²) >= 11 is 0. The van der Waals surface area contributed by atoms with Gasteiger partial charge in [0, 0.05) is 10.8 Å². The molecule has 30 heavy (non-hydrogen) atoms. The van der Waals surface area contributed by atoms with Gasteiger partial charge in [-0.3, -0.25) is 0 Å². The molecule has 0 unspecified atom stereocenters. The van der Waals surface area contributed by atoms with Crippen LogP contribution in [-0.2, 0) is 0 Å². The van der Waals surface area contributed by atoms with Gasteiger partial charge in [-0.05, 0) is 46.5 Å². The highest BCUT2D eigenvalue weighted by atomic mass is 19.1. The topological polar surface area (TPSA) is 35.5 Å². The molecule has 0 saturated carbocycles. The van der Waals surface area contributed by atoms with Crippen molar-refractivity contribution >= 4 is 38.5 Å². The van der Waals surface area contributed by atoms with Crippen molar-refractivity contribution in [3.05, 3.63) is 96.6 Å². The van der Waals surface area contributed by atoms with Crippen LogP contribution in [0.1, 0.15) is 0 Å². The van der Waals surface area contributed by atoms with Crippen LogP contribution in [0.3, 0.4) is 0 Å². The third-order valence-corrected chi connectivity index (χ3v) is 4.97. The Morgan fingerprint density at radius 3 is 2.33 bits per heavy atom. The lowest BCUT2D eigenvalue weighted by Gasteiger charge is -2.13. The van der Waals surface area contributed by atoms with Gasteiger partial charge in [-0.1, -0.05) is 54.6 Å². The smallest absolute Gasteiger partial charge is 0.394 e. The second kappa shape index (κ2) is 7.12. The van der Waals surface area contributed by atoms with Gasteiger partial charge in [0.2, 0.25) is 0 Å². The average molecular weight is 400 g/mol. The molecule has 0 atom stereocenters. The van der Waals surface area contributed by atoms with Crippen molar-refractivity contribution in [2.24, 2.45) is 0 Å². The number of hydrogen-bond donors (Lipinski definition) is 0. The molecule has 5 aromatic carbocycles. The Labute approximate surface area is 170 Å². The quantitative estimate of drug-likeness (QED) is 0.182. The van der Waals surface area contributed by atoms with Crippen molar-refractivity contribution in [1.82, 2.24) is 0 Å². The van der Waals surface area contributed by atoms with Gasteiger partial charge in [0.1, 0.15) is 17.4 Å². The van der Waals surface area contributed by atoms with E-state index in [9.17, 15) is 13.6 Å². The van der Waals surface area contributed by atoms with E-state index >= 15 is 0 Å². The molecule has 0 spiro atoms. The number of benzene rings is 5. The normalized spacial score (nSPS) is 11.1. The Kier molecular flexibility index (Phi) is 4.29. The number of hydrogen-bond acceptors (Lipinski definition) is 3. The fourth-order valence-electron chi connectivity index (χ4n) is 3.64. The molecule has 5 rings (SSSR count). The molecule has 0 aliphatic heterocycles. The molecule has 0 aromatic heterocycles. The number of fused-ring (bicyclic) bond motifs is 3. The van der Waals surface area contributed by atoms with Gasteiger partial charge in [-0.2, -0.15) is 0 Å². The van der Waals surface area contributed by atoms with Gasteiger partial charge in [0.25, 0.3) is 0 Å². The summed E-state index contributed by atoms with van der Waals surface area (Å²) < 4.78 is 39.4. The third-order valence-electron chi connectivity index (χ3n) is 4.97. The molecule has 0 saturated heterocycles. The number of rotatable bonds is 2. The highest BCUT2D eigenvalue weighted by molar-refractivity contribution is 6.06. The molecule has 0 heterocycles. The monoisotopic (exact) mass is 400 g/mol. The van der Waals surface area contributed by atoms with Gasteiger partial charge < -0.3 is 9.47 Å². The summed E-state index contributed by atoms with van der Waals surface area (Å²) in [6.07, 6.45) is -1.03. The van der Waals surface area contributed by atoms with Crippen LogP contribution < -0.4 is 9.47 Å². The zero-order chi connectivity index (χ0) is 20.7. The summed E-state index contributed by atoms with van der Waals surface area (Å²) in [5.41, 5.74) is 0. The van der Waals surface area contributed by atoms with Crippen LogP contribution in [0.4, 0.5) is 13.6 Å². The SMILES string of the molecule is O=C(Oc1cccc2ccccc12)Oc1c2cc(F)ccc2cc2cccc(F)c12. The summed E-state index contributed by atoms with van der Waals surface area (Å²) in [6, 6.07) is 23.0. The minimum Gasteiger partial charge on any atom is -0.394 e. The summed E-state index contributed by atoms with van der Waals surface area (Å²) in [6.45, 7) is 0. The molecule has 0 aliphatic carbocycles. The summed E-state index contributed by atoms with van der Waals surface area (Å²) in [5.74, 6) is -0.864. The Balaban J connectivity index is 1.61. The first-order chi connectivity index (χ1) is 14.6. The van der Waals surface area contributed by atoms with Crippen LogP contribution in [0.25, 0.3) is 32.3 Å². The second-order valence-corrected chi connectivity index (χ2v) is 6.84. The molecule has 0 amide bonds. The lowest BCUT2D eigenvalue weighted by atomic mass is 10.0. The van der Waals surface area contributed by atoms with E-state index in [1.54, 1.807) is 36.4 Å². The second-order valence-electron chi connectivity index (χ2n) is 6.84. The van der Waals surface area contributed by atoms with Crippen molar-refractivity contribution in [2.45, 2.75) is 0 Å².